The number of carbonyl (C=O) groups excluding carboxylic acids is 1. The number of piperidine rings is 3. The normalized spacial score (nSPS) is 32.7. The van der Waals surface area contributed by atoms with Gasteiger partial charge in [-0.1, -0.05) is 12.1 Å². The van der Waals surface area contributed by atoms with Crippen LogP contribution in [0, 0.1) is 17.6 Å². The second kappa shape index (κ2) is 6.09. The van der Waals surface area contributed by atoms with Gasteiger partial charge in [-0.15, -0.1) is 11.3 Å². The van der Waals surface area contributed by atoms with Gasteiger partial charge in [0.15, 0.2) is 11.6 Å². The number of thiazole rings is 1. The SMILES string of the molecule is O=C(c1cncs1)N1C[C@@H](c2cccc(F)c2F)[C@@H]2[C@H]1C1CCN2CC1. The number of likely N-dealkylation sites (tertiary alicyclic amines) is 1. The minimum absolute atomic E-state index is 0.0319. The number of halogens is 2. The van der Waals surface area contributed by atoms with Crippen LogP contribution in [0.1, 0.15) is 34.0 Å². The Morgan fingerprint density at radius 1 is 1.19 bits per heavy atom. The largest absolute Gasteiger partial charge is 0.332 e. The minimum Gasteiger partial charge on any atom is -0.332 e. The molecule has 0 radical (unpaired) electrons. The third kappa shape index (κ3) is 2.33. The van der Waals surface area contributed by atoms with Gasteiger partial charge in [0, 0.05) is 18.5 Å². The topological polar surface area (TPSA) is 36.4 Å². The monoisotopic (exact) mass is 375 g/mol. The summed E-state index contributed by atoms with van der Waals surface area (Å²) in [5, 5.41) is 0. The number of nitrogens with zero attached hydrogens (tertiary/aromatic N) is 3. The summed E-state index contributed by atoms with van der Waals surface area (Å²) in [7, 11) is 0. The molecular weight excluding hydrogens is 356 g/mol. The summed E-state index contributed by atoms with van der Waals surface area (Å²) in [4.78, 5) is 22.0. The van der Waals surface area contributed by atoms with Crippen molar-refractivity contribution in [3.8, 4) is 0 Å². The van der Waals surface area contributed by atoms with Gasteiger partial charge in [0.1, 0.15) is 4.88 Å². The van der Waals surface area contributed by atoms with E-state index in [1.807, 2.05) is 4.90 Å². The lowest BCUT2D eigenvalue weighted by Gasteiger charge is -2.51. The molecule has 0 spiro atoms. The molecular formula is C19H19F2N3OS. The van der Waals surface area contributed by atoms with Crippen LogP contribution in [0.5, 0.6) is 0 Å². The van der Waals surface area contributed by atoms with E-state index in [0.29, 0.717) is 22.9 Å². The number of benzene rings is 1. The smallest absolute Gasteiger partial charge is 0.265 e. The molecule has 0 unspecified atom stereocenters. The highest BCUT2D eigenvalue weighted by Crippen LogP contribution is 2.47. The molecule has 4 aliphatic rings. The van der Waals surface area contributed by atoms with Gasteiger partial charge in [0.25, 0.3) is 5.91 Å². The van der Waals surface area contributed by atoms with Crippen LogP contribution in [0.3, 0.4) is 0 Å². The highest BCUT2D eigenvalue weighted by atomic mass is 32.1. The van der Waals surface area contributed by atoms with E-state index in [9.17, 15) is 13.6 Å². The van der Waals surface area contributed by atoms with Crippen LogP contribution in [-0.2, 0) is 0 Å². The van der Waals surface area contributed by atoms with E-state index in [-0.39, 0.29) is 23.9 Å². The number of carbonyl (C=O) groups is 1. The quantitative estimate of drug-likeness (QED) is 0.809. The van der Waals surface area contributed by atoms with Crippen LogP contribution < -0.4 is 0 Å². The maximum absolute atomic E-state index is 14.6. The number of amides is 1. The highest BCUT2D eigenvalue weighted by molar-refractivity contribution is 7.11. The Hall–Kier alpha value is -1.86. The predicted octanol–water partition coefficient (Wildman–Crippen LogP) is 3.12. The first-order chi connectivity index (χ1) is 12.6. The van der Waals surface area contributed by atoms with Crippen molar-refractivity contribution < 1.29 is 13.6 Å². The van der Waals surface area contributed by atoms with E-state index < -0.39 is 11.6 Å². The maximum atomic E-state index is 14.6. The molecule has 136 valence electrons. The molecule has 7 heteroatoms. The second-order valence-electron chi connectivity index (χ2n) is 7.43. The molecule has 0 aliphatic carbocycles. The van der Waals surface area contributed by atoms with Crippen LogP contribution in [0.4, 0.5) is 8.78 Å². The van der Waals surface area contributed by atoms with Crippen molar-refractivity contribution in [2.75, 3.05) is 19.6 Å². The molecule has 26 heavy (non-hydrogen) atoms. The fraction of sp³-hybridized carbons (Fsp3) is 0.474. The molecule has 4 saturated heterocycles. The van der Waals surface area contributed by atoms with Gasteiger partial charge in [-0.2, -0.15) is 0 Å². The summed E-state index contributed by atoms with van der Waals surface area (Å²) < 4.78 is 28.4. The van der Waals surface area contributed by atoms with Crippen molar-refractivity contribution in [1.29, 1.82) is 0 Å². The van der Waals surface area contributed by atoms with E-state index in [0.717, 1.165) is 32.0 Å². The van der Waals surface area contributed by atoms with Gasteiger partial charge in [-0.25, -0.2) is 8.78 Å². The molecule has 0 N–H and O–H groups in total. The molecule has 2 bridgehead atoms. The first kappa shape index (κ1) is 16.3. The van der Waals surface area contributed by atoms with E-state index in [1.165, 1.54) is 11.3 Å². The average Bonchev–Trinajstić information content (AvgIpc) is 3.33. The lowest BCUT2D eigenvalue weighted by atomic mass is 9.75. The Bertz CT molecular complexity index is 835. The zero-order valence-corrected chi connectivity index (χ0v) is 15.0. The van der Waals surface area contributed by atoms with E-state index >= 15 is 0 Å². The average molecular weight is 375 g/mol. The number of hydrogen-bond acceptors (Lipinski definition) is 4. The third-order valence-electron chi connectivity index (χ3n) is 6.28. The zero-order chi connectivity index (χ0) is 17.8. The summed E-state index contributed by atoms with van der Waals surface area (Å²) in [6.07, 6.45) is 3.72. The van der Waals surface area contributed by atoms with Crippen molar-refractivity contribution in [3.63, 3.8) is 0 Å². The first-order valence-electron chi connectivity index (χ1n) is 9.02. The third-order valence-corrected chi connectivity index (χ3v) is 7.04. The number of fused-ring (bicyclic) bond motifs is 2. The molecule has 6 rings (SSSR count). The standard InChI is InChI=1S/C19H19F2N3OS/c20-14-3-1-2-12(16(14)21)13-9-24(19(25)15-8-22-10-26-15)17-11-4-6-23(7-5-11)18(13)17/h1-3,8,10-11,13,17-18H,4-7,9H2/t13-,17+,18+/m0/s1. The Balaban J connectivity index is 1.57. The molecule has 5 heterocycles. The lowest BCUT2D eigenvalue weighted by molar-refractivity contribution is -0.00345. The Labute approximate surface area is 154 Å². The van der Waals surface area contributed by atoms with Crippen LogP contribution in [0.15, 0.2) is 29.9 Å². The first-order valence-corrected chi connectivity index (χ1v) is 9.90. The summed E-state index contributed by atoms with van der Waals surface area (Å²) in [5.74, 6) is -1.39. The molecule has 3 atom stereocenters. The fourth-order valence-corrected chi connectivity index (χ4v) is 5.77. The van der Waals surface area contributed by atoms with Crippen LogP contribution in [0.25, 0.3) is 0 Å². The molecule has 1 aromatic heterocycles. The zero-order valence-electron chi connectivity index (χ0n) is 14.1. The van der Waals surface area contributed by atoms with Crippen molar-refractivity contribution in [1.82, 2.24) is 14.8 Å². The summed E-state index contributed by atoms with van der Waals surface area (Å²) in [6, 6.07) is 4.52. The van der Waals surface area contributed by atoms with Crippen LogP contribution >= 0.6 is 11.3 Å². The molecule has 4 fully saturated rings. The van der Waals surface area contributed by atoms with Gasteiger partial charge in [0.2, 0.25) is 0 Å². The molecule has 1 aromatic carbocycles. The predicted molar refractivity (Wildman–Crippen MR) is 94.1 cm³/mol. The second-order valence-corrected chi connectivity index (χ2v) is 8.31. The number of hydrogen-bond donors (Lipinski definition) is 0. The van der Waals surface area contributed by atoms with Gasteiger partial charge >= 0.3 is 0 Å². The number of aromatic nitrogens is 1. The molecule has 2 aromatic rings. The van der Waals surface area contributed by atoms with E-state index in [4.69, 9.17) is 0 Å². The Morgan fingerprint density at radius 3 is 2.73 bits per heavy atom. The van der Waals surface area contributed by atoms with Gasteiger partial charge in [-0.3, -0.25) is 14.7 Å². The Kier molecular flexibility index (Phi) is 3.83. The van der Waals surface area contributed by atoms with E-state index in [1.54, 1.807) is 23.8 Å². The number of rotatable bonds is 2. The van der Waals surface area contributed by atoms with Crippen molar-refractivity contribution in [2.45, 2.75) is 30.8 Å². The summed E-state index contributed by atoms with van der Waals surface area (Å²) in [6.45, 7) is 2.38. The molecule has 4 aliphatic heterocycles. The molecule has 4 nitrogen and oxygen atoms in total. The van der Waals surface area contributed by atoms with Gasteiger partial charge in [0.05, 0.1) is 17.7 Å². The van der Waals surface area contributed by atoms with Gasteiger partial charge in [-0.05, 0) is 43.5 Å². The minimum atomic E-state index is -0.817. The Morgan fingerprint density at radius 2 is 2.00 bits per heavy atom. The lowest BCUT2D eigenvalue weighted by Crippen LogP contribution is -2.60. The van der Waals surface area contributed by atoms with Crippen LogP contribution in [0.2, 0.25) is 0 Å². The molecule has 0 saturated carbocycles. The summed E-state index contributed by atoms with van der Waals surface area (Å²) >= 11 is 1.33. The highest BCUT2D eigenvalue weighted by Gasteiger charge is 2.55. The van der Waals surface area contributed by atoms with Crippen LogP contribution in [-0.4, -0.2) is 52.4 Å². The van der Waals surface area contributed by atoms with Crippen molar-refractivity contribution in [2.24, 2.45) is 5.92 Å². The maximum Gasteiger partial charge on any atom is 0.265 e. The van der Waals surface area contributed by atoms with Gasteiger partial charge < -0.3 is 4.90 Å². The van der Waals surface area contributed by atoms with Crippen molar-refractivity contribution in [3.05, 3.63) is 52.0 Å². The molecule has 1 amide bonds. The summed E-state index contributed by atoms with van der Waals surface area (Å²) in [5.41, 5.74) is 2.05. The van der Waals surface area contributed by atoms with Crippen molar-refractivity contribution >= 4 is 17.2 Å². The van der Waals surface area contributed by atoms with E-state index in [2.05, 4.69) is 9.88 Å². The fourth-order valence-electron chi connectivity index (χ4n) is 5.20.